The van der Waals surface area contributed by atoms with Gasteiger partial charge in [0.2, 0.25) is 0 Å². The van der Waals surface area contributed by atoms with E-state index in [1.54, 1.807) is 6.92 Å². The van der Waals surface area contributed by atoms with Gasteiger partial charge in [0.1, 0.15) is 5.82 Å². The minimum absolute atomic E-state index is 0.118. The molecule has 25 heavy (non-hydrogen) atoms. The van der Waals surface area contributed by atoms with E-state index in [0.29, 0.717) is 12.2 Å². The molecule has 0 fully saturated rings. The van der Waals surface area contributed by atoms with Crippen molar-refractivity contribution < 1.29 is 28.9 Å². The lowest BCUT2D eigenvalue weighted by Gasteiger charge is -2.18. The first kappa shape index (κ1) is 18.1. The Morgan fingerprint density at radius 3 is 2.60 bits per heavy atom. The van der Waals surface area contributed by atoms with Crippen LogP contribution >= 0.6 is 0 Å². The number of aromatic hydroxyl groups is 1. The number of phenolic OH excluding ortho intramolecular Hbond substituents is 1. The van der Waals surface area contributed by atoms with E-state index in [2.05, 4.69) is 5.32 Å². The van der Waals surface area contributed by atoms with Crippen LogP contribution in [0.4, 0.5) is 10.1 Å². The highest BCUT2D eigenvalue weighted by atomic mass is 19.1. The lowest BCUT2D eigenvalue weighted by atomic mass is 10.1. The summed E-state index contributed by atoms with van der Waals surface area (Å²) < 4.78 is 18.8. The van der Waals surface area contributed by atoms with Gasteiger partial charge in [-0.2, -0.15) is 0 Å². The Labute approximate surface area is 142 Å². The SMILES string of the molecule is CCOc1cc(C(Nc2ccc(F)c(C(N)=O)c2)C(=O)O)ccc1O. The number of hydrogen-bond acceptors (Lipinski definition) is 5. The largest absolute Gasteiger partial charge is 0.504 e. The summed E-state index contributed by atoms with van der Waals surface area (Å²) in [6.45, 7) is 2.02. The van der Waals surface area contributed by atoms with Gasteiger partial charge in [-0.25, -0.2) is 9.18 Å². The van der Waals surface area contributed by atoms with Crippen molar-refractivity contribution in [3.63, 3.8) is 0 Å². The van der Waals surface area contributed by atoms with Gasteiger partial charge in [0.15, 0.2) is 17.5 Å². The number of benzene rings is 2. The van der Waals surface area contributed by atoms with Gasteiger partial charge in [0.25, 0.3) is 5.91 Å². The number of rotatable bonds is 7. The van der Waals surface area contributed by atoms with E-state index in [1.807, 2.05) is 0 Å². The van der Waals surface area contributed by atoms with E-state index in [4.69, 9.17) is 10.5 Å². The molecule has 0 saturated heterocycles. The maximum absolute atomic E-state index is 13.5. The van der Waals surface area contributed by atoms with Crippen molar-refractivity contribution in [1.29, 1.82) is 0 Å². The molecule has 2 aromatic rings. The van der Waals surface area contributed by atoms with Crippen molar-refractivity contribution in [1.82, 2.24) is 0 Å². The molecule has 0 heterocycles. The first-order chi connectivity index (χ1) is 11.8. The van der Waals surface area contributed by atoms with Gasteiger partial charge in [-0.3, -0.25) is 4.79 Å². The summed E-state index contributed by atoms with van der Waals surface area (Å²) in [7, 11) is 0. The molecule has 5 N–H and O–H groups in total. The number of amides is 1. The number of carbonyl (C=O) groups excluding carboxylic acids is 1. The Bertz CT molecular complexity index is 810. The standard InChI is InChI=1S/C17H17FN2O5/c1-2-25-14-7-9(3-6-13(14)21)15(17(23)24)20-10-4-5-12(18)11(8-10)16(19)22/h3-8,15,20-21H,2H2,1H3,(H2,19,22)(H,23,24). The molecule has 0 aromatic heterocycles. The average molecular weight is 348 g/mol. The zero-order valence-corrected chi connectivity index (χ0v) is 13.3. The number of carboxylic acids is 1. The molecular weight excluding hydrogens is 331 g/mol. The molecule has 0 radical (unpaired) electrons. The summed E-state index contributed by atoms with van der Waals surface area (Å²) in [4.78, 5) is 22.8. The number of aliphatic carboxylic acids is 1. The minimum Gasteiger partial charge on any atom is -0.504 e. The number of ether oxygens (including phenoxy) is 1. The number of halogens is 1. The van der Waals surface area contributed by atoms with E-state index in [1.165, 1.54) is 24.3 Å². The minimum atomic E-state index is -1.22. The predicted octanol–water partition coefficient (Wildman–Crippen LogP) is 2.27. The van der Waals surface area contributed by atoms with Crippen LogP contribution in [0.25, 0.3) is 0 Å². The lowest BCUT2D eigenvalue weighted by Crippen LogP contribution is -2.21. The van der Waals surface area contributed by atoms with Gasteiger partial charge in [0, 0.05) is 5.69 Å². The molecule has 2 aromatic carbocycles. The van der Waals surface area contributed by atoms with Crippen molar-refractivity contribution in [3.05, 3.63) is 53.3 Å². The van der Waals surface area contributed by atoms with Crippen LogP contribution in [-0.4, -0.2) is 28.7 Å². The second-order valence-corrected chi connectivity index (χ2v) is 5.13. The van der Waals surface area contributed by atoms with Crippen molar-refractivity contribution in [2.75, 3.05) is 11.9 Å². The Hall–Kier alpha value is -3.29. The van der Waals surface area contributed by atoms with Crippen LogP contribution in [0, 0.1) is 5.82 Å². The fourth-order valence-electron chi connectivity index (χ4n) is 2.24. The fourth-order valence-corrected chi connectivity index (χ4v) is 2.24. The van der Waals surface area contributed by atoms with Crippen LogP contribution in [0.3, 0.4) is 0 Å². The van der Waals surface area contributed by atoms with E-state index in [-0.39, 0.29) is 22.7 Å². The molecule has 0 aliphatic rings. The van der Waals surface area contributed by atoms with Crippen molar-refractivity contribution in [2.45, 2.75) is 13.0 Å². The first-order valence-electron chi connectivity index (χ1n) is 7.38. The van der Waals surface area contributed by atoms with Crippen LogP contribution in [0.15, 0.2) is 36.4 Å². The molecule has 2 rings (SSSR count). The number of carbonyl (C=O) groups is 2. The summed E-state index contributed by atoms with van der Waals surface area (Å²) in [6, 6.07) is 6.36. The molecule has 1 unspecified atom stereocenters. The molecule has 0 aliphatic carbocycles. The van der Waals surface area contributed by atoms with E-state index in [9.17, 15) is 24.2 Å². The van der Waals surface area contributed by atoms with Gasteiger partial charge in [-0.15, -0.1) is 0 Å². The predicted molar refractivity (Wildman–Crippen MR) is 88.2 cm³/mol. The number of nitrogens with two attached hydrogens (primary N) is 1. The quantitative estimate of drug-likeness (QED) is 0.609. The van der Waals surface area contributed by atoms with Gasteiger partial charge in [-0.05, 0) is 42.8 Å². The topological polar surface area (TPSA) is 122 Å². The van der Waals surface area contributed by atoms with Crippen LogP contribution in [0.1, 0.15) is 28.9 Å². The van der Waals surface area contributed by atoms with Crippen molar-refractivity contribution in [3.8, 4) is 11.5 Å². The molecular formula is C17H17FN2O5. The number of hydrogen-bond donors (Lipinski definition) is 4. The Kier molecular flexibility index (Phi) is 5.43. The van der Waals surface area contributed by atoms with Crippen LogP contribution < -0.4 is 15.8 Å². The maximum atomic E-state index is 13.5. The highest BCUT2D eigenvalue weighted by Crippen LogP contribution is 2.31. The molecule has 8 heteroatoms. The highest BCUT2D eigenvalue weighted by Gasteiger charge is 2.22. The monoisotopic (exact) mass is 348 g/mol. The third-order valence-corrected chi connectivity index (χ3v) is 3.41. The number of anilines is 1. The summed E-state index contributed by atoms with van der Waals surface area (Å²) in [5.41, 5.74) is 5.24. The van der Waals surface area contributed by atoms with E-state index < -0.39 is 23.7 Å². The van der Waals surface area contributed by atoms with Crippen LogP contribution in [-0.2, 0) is 4.79 Å². The maximum Gasteiger partial charge on any atom is 0.330 e. The Balaban J connectivity index is 2.37. The molecule has 1 amide bonds. The smallest absolute Gasteiger partial charge is 0.330 e. The lowest BCUT2D eigenvalue weighted by molar-refractivity contribution is -0.138. The van der Waals surface area contributed by atoms with Crippen LogP contribution in [0.2, 0.25) is 0 Å². The Morgan fingerprint density at radius 2 is 2.00 bits per heavy atom. The summed E-state index contributed by atoms with van der Waals surface area (Å²) in [6.07, 6.45) is 0. The van der Waals surface area contributed by atoms with Crippen molar-refractivity contribution >= 4 is 17.6 Å². The van der Waals surface area contributed by atoms with E-state index in [0.717, 1.165) is 12.1 Å². The highest BCUT2D eigenvalue weighted by molar-refractivity contribution is 5.94. The third-order valence-electron chi connectivity index (χ3n) is 3.41. The number of nitrogens with one attached hydrogen (secondary N) is 1. The molecule has 0 saturated carbocycles. The second kappa shape index (κ2) is 7.52. The third kappa shape index (κ3) is 4.17. The fraction of sp³-hybridized carbons (Fsp3) is 0.176. The summed E-state index contributed by atoms with van der Waals surface area (Å²) in [5, 5.41) is 21.9. The normalized spacial score (nSPS) is 11.6. The Morgan fingerprint density at radius 1 is 1.28 bits per heavy atom. The molecule has 1 atom stereocenters. The molecule has 0 aliphatic heterocycles. The van der Waals surface area contributed by atoms with Gasteiger partial charge < -0.3 is 26.0 Å². The first-order valence-corrected chi connectivity index (χ1v) is 7.38. The van der Waals surface area contributed by atoms with Crippen molar-refractivity contribution in [2.24, 2.45) is 5.73 Å². The number of primary amides is 1. The van der Waals surface area contributed by atoms with Crippen LogP contribution in [0.5, 0.6) is 11.5 Å². The van der Waals surface area contributed by atoms with Gasteiger partial charge in [-0.1, -0.05) is 6.07 Å². The van der Waals surface area contributed by atoms with E-state index >= 15 is 0 Å². The van der Waals surface area contributed by atoms with Gasteiger partial charge in [0.05, 0.1) is 12.2 Å². The molecule has 132 valence electrons. The zero-order valence-electron chi connectivity index (χ0n) is 13.3. The second-order valence-electron chi connectivity index (χ2n) is 5.13. The summed E-state index contributed by atoms with van der Waals surface area (Å²) in [5.74, 6) is -2.94. The molecule has 0 spiro atoms. The average Bonchev–Trinajstić information content (AvgIpc) is 2.56. The summed E-state index contributed by atoms with van der Waals surface area (Å²) >= 11 is 0. The molecule has 0 bridgehead atoms. The number of phenols is 1. The number of carboxylic acid groups (broad SMARTS) is 1. The molecule has 7 nitrogen and oxygen atoms in total. The van der Waals surface area contributed by atoms with Gasteiger partial charge >= 0.3 is 5.97 Å². The zero-order chi connectivity index (χ0) is 18.6.